The fourth-order valence-corrected chi connectivity index (χ4v) is 4.17. The highest BCUT2D eigenvalue weighted by molar-refractivity contribution is 5.63. The molecule has 0 spiro atoms. The molecule has 1 N–H and O–H groups in total. The zero-order valence-corrected chi connectivity index (χ0v) is 16.5. The van der Waals surface area contributed by atoms with Gasteiger partial charge in [-0.25, -0.2) is 9.97 Å². The van der Waals surface area contributed by atoms with E-state index in [9.17, 15) is 13.2 Å². The van der Waals surface area contributed by atoms with Crippen LogP contribution in [0.4, 0.5) is 24.5 Å². The van der Waals surface area contributed by atoms with Gasteiger partial charge in [0.25, 0.3) is 0 Å². The molecular formula is C20H24F3N5O. The second-order valence-electron chi connectivity index (χ2n) is 7.49. The van der Waals surface area contributed by atoms with E-state index in [1.165, 1.54) is 13.2 Å². The fourth-order valence-electron chi connectivity index (χ4n) is 4.17. The van der Waals surface area contributed by atoms with Crippen molar-refractivity contribution in [2.24, 2.45) is 0 Å². The summed E-state index contributed by atoms with van der Waals surface area (Å²) < 4.78 is 45.9. The molecule has 0 radical (unpaired) electrons. The van der Waals surface area contributed by atoms with Crippen LogP contribution in [0.5, 0.6) is 6.01 Å². The third-order valence-corrected chi connectivity index (χ3v) is 5.56. The minimum atomic E-state index is -4.36. The van der Waals surface area contributed by atoms with Gasteiger partial charge in [-0.2, -0.15) is 13.2 Å². The van der Waals surface area contributed by atoms with Crippen molar-refractivity contribution in [3.63, 3.8) is 0 Å². The van der Waals surface area contributed by atoms with Crippen LogP contribution in [-0.4, -0.2) is 49.3 Å². The standard InChI is InChI=1S/C20H24F3N5O/c1-13-11-28(8-6-24-13)18-4-3-17(20(21,22)23)15-5-7-27(12-16(15)18)14-9-25-19(29-2)26-10-14/h3-4,9-10,13,24H,5-8,11-12H2,1-2H3/t13-/m1/s1. The molecule has 0 aliphatic carbocycles. The Morgan fingerprint density at radius 2 is 1.86 bits per heavy atom. The first-order valence-corrected chi connectivity index (χ1v) is 9.68. The van der Waals surface area contributed by atoms with Crippen molar-refractivity contribution in [3.8, 4) is 6.01 Å². The van der Waals surface area contributed by atoms with Crippen LogP contribution in [0, 0.1) is 0 Å². The molecule has 0 unspecified atom stereocenters. The average Bonchev–Trinajstić information content (AvgIpc) is 2.72. The Hall–Kier alpha value is -2.55. The molecule has 3 heterocycles. The molecule has 6 nitrogen and oxygen atoms in total. The van der Waals surface area contributed by atoms with Crippen LogP contribution in [0.15, 0.2) is 24.5 Å². The van der Waals surface area contributed by atoms with Gasteiger partial charge in [0.2, 0.25) is 0 Å². The highest BCUT2D eigenvalue weighted by atomic mass is 19.4. The number of piperazine rings is 1. The maximum absolute atomic E-state index is 13.6. The Balaban J connectivity index is 1.72. The van der Waals surface area contributed by atoms with Gasteiger partial charge in [-0.1, -0.05) is 0 Å². The van der Waals surface area contributed by atoms with Gasteiger partial charge in [-0.15, -0.1) is 0 Å². The number of benzene rings is 1. The molecule has 1 fully saturated rings. The molecule has 0 amide bonds. The fraction of sp³-hybridized carbons (Fsp3) is 0.500. The largest absolute Gasteiger partial charge is 0.467 e. The molecule has 1 atom stereocenters. The molecule has 2 aromatic rings. The molecule has 0 bridgehead atoms. The number of hydrogen-bond donors (Lipinski definition) is 1. The van der Waals surface area contributed by atoms with Gasteiger partial charge < -0.3 is 19.9 Å². The molecule has 2 aliphatic heterocycles. The van der Waals surface area contributed by atoms with Crippen LogP contribution in [-0.2, 0) is 19.1 Å². The van der Waals surface area contributed by atoms with E-state index in [-0.39, 0.29) is 12.1 Å². The predicted molar refractivity (Wildman–Crippen MR) is 104 cm³/mol. The Morgan fingerprint density at radius 3 is 2.52 bits per heavy atom. The summed E-state index contributed by atoms with van der Waals surface area (Å²) in [6.07, 6.45) is -0.732. The molecule has 0 saturated carbocycles. The molecule has 1 saturated heterocycles. The molecule has 156 valence electrons. The van der Waals surface area contributed by atoms with Gasteiger partial charge in [0, 0.05) is 44.5 Å². The maximum atomic E-state index is 13.6. The highest BCUT2D eigenvalue weighted by Gasteiger charge is 2.37. The summed E-state index contributed by atoms with van der Waals surface area (Å²) in [7, 11) is 1.49. The van der Waals surface area contributed by atoms with E-state index in [0.717, 1.165) is 36.6 Å². The van der Waals surface area contributed by atoms with Crippen LogP contribution in [0.1, 0.15) is 23.6 Å². The van der Waals surface area contributed by atoms with E-state index in [2.05, 4.69) is 27.1 Å². The normalized spacial score (nSPS) is 19.8. The van der Waals surface area contributed by atoms with Crippen molar-refractivity contribution in [1.29, 1.82) is 0 Å². The van der Waals surface area contributed by atoms with Crippen LogP contribution in [0.25, 0.3) is 0 Å². The zero-order chi connectivity index (χ0) is 20.6. The lowest BCUT2D eigenvalue weighted by atomic mass is 9.91. The monoisotopic (exact) mass is 407 g/mol. The van der Waals surface area contributed by atoms with Gasteiger partial charge in [-0.05, 0) is 36.6 Å². The topological polar surface area (TPSA) is 53.5 Å². The summed E-state index contributed by atoms with van der Waals surface area (Å²) in [5.41, 5.74) is 2.29. The summed E-state index contributed by atoms with van der Waals surface area (Å²) in [5, 5.41) is 3.38. The van der Waals surface area contributed by atoms with E-state index in [4.69, 9.17) is 4.74 Å². The maximum Gasteiger partial charge on any atom is 0.416 e. The first-order chi connectivity index (χ1) is 13.9. The highest BCUT2D eigenvalue weighted by Crippen LogP contribution is 2.40. The number of nitrogens with zero attached hydrogens (tertiary/aromatic N) is 4. The van der Waals surface area contributed by atoms with E-state index in [0.29, 0.717) is 25.1 Å². The summed E-state index contributed by atoms with van der Waals surface area (Å²) in [4.78, 5) is 12.5. The van der Waals surface area contributed by atoms with Crippen LogP contribution in [0.3, 0.4) is 0 Å². The summed E-state index contributed by atoms with van der Waals surface area (Å²) in [6.45, 7) is 5.31. The van der Waals surface area contributed by atoms with Gasteiger partial charge in [0.05, 0.1) is 30.8 Å². The number of ether oxygens (including phenoxy) is 1. The van der Waals surface area contributed by atoms with Crippen molar-refractivity contribution in [3.05, 3.63) is 41.2 Å². The first-order valence-electron chi connectivity index (χ1n) is 9.68. The Labute approximate surface area is 167 Å². The van der Waals surface area contributed by atoms with Crippen molar-refractivity contribution in [2.45, 2.75) is 32.1 Å². The molecule has 1 aromatic heterocycles. The average molecular weight is 407 g/mol. The number of halogens is 3. The smallest absolute Gasteiger partial charge is 0.416 e. The minimum Gasteiger partial charge on any atom is -0.467 e. The summed E-state index contributed by atoms with van der Waals surface area (Å²) in [5.74, 6) is 0. The second kappa shape index (κ2) is 7.70. The second-order valence-corrected chi connectivity index (χ2v) is 7.49. The van der Waals surface area contributed by atoms with Gasteiger partial charge >= 0.3 is 12.2 Å². The Bertz CT molecular complexity index is 872. The van der Waals surface area contributed by atoms with Crippen molar-refractivity contribution >= 4 is 11.4 Å². The Morgan fingerprint density at radius 1 is 1.10 bits per heavy atom. The van der Waals surface area contributed by atoms with E-state index >= 15 is 0 Å². The number of alkyl halides is 3. The predicted octanol–water partition coefficient (Wildman–Crippen LogP) is 2.86. The van der Waals surface area contributed by atoms with Crippen LogP contribution >= 0.6 is 0 Å². The number of nitrogens with one attached hydrogen (secondary N) is 1. The van der Waals surface area contributed by atoms with Crippen LogP contribution in [0.2, 0.25) is 0 Å². The Kier molecular flexibility index (Phi) is 5.24. The molecule has 4 rings (SSSR count). The number of rotatable bonds is 3. The van der Waals surface area contributed by atoms with E-state index in [1.807, 2.05) is 4.90 Å². The first kappa shape index (κ1) is 19.8. The molecule has 9 heteroatoms. The quantitative estimate of drug-likeness (QED) is 0.845. The lowest BCUT2D eigenvalue weighted by molar-refractivity contribution is -0.138. The molecule has 29 heavy (non-hydrogen) atoms. The van der Waals surface area contributed by atoms with Crippen molar-refractivity contribution in [2.75, 3.05) is 43.1 Å². The molecular weight excluding hydrogens is 383 g/mol. The van der Waals surface area contributed by atoms with Crippen molar-refractivity contribution in [1.82, 2.24) is 15.3 Å². The molecule has 1 aromatic carbocycles. The van der Waals surface area contributed by atoms with Gasteiger partial charge in [0.1, 0.15) is 0 Å². The third kappa shape index (κ3) is 3.96. The van der Waals surface area contributed by atoms with Gasteiger partial charge in [0.15, 0.2) is 0 Å². The summed E-state index contributed by atoms with van der Waals surface area (Å²) in [6, 6.07) is 3.43. The number of fused-ring (bicyclic) bond motifs is 1. The van der Waals surface area contributed by atoms with E-state index < -0.39 is 11.7 Å². The van der Waals surface area contributed by atoms with Crippen molar-refractivity contribution < 1.29 is 17.9 Å². The minimum absolute atomic E-state index is 0.265. The third-order valence-electron chi connectivity index (χ3n) is 5.56. The zero-order valence-electron chi connectivity index (χ0n) is 16.5. The molecule has 2 aliphatic rings. The van der Waals surface area contributed by atoms with Gasteiger partial charge in [-0.3, -0.25) is 0 Å². The van der Waals surface area contributed by atoms with Crippen LogP contribution < -0.4 is 19.9 Å². The van der Waals surface area contributed by atoms with E-state index in [1.54, 1.807) is 18.5 Å². The number of aromatic nitrogens is 2. The number of hydrogen-bond acceptors (Lipinski definition) is 6. The lowest BCUT2D eigenvalue weighted by Gasteiger charge is -2.39. The number of methoxy groups -OCH3 is 1. The SMILES string of the molecule is COc1ncc(N2CCc3c(C(F)(F)F)ccc(N4CCN[C@H](C)C4)c3C2)cn1. The number of anilines is 2. The lowest BCUT2D eigenvalue weighted by Crippen LogP contribution is -2.50. The summed E-state index contributed by atoms with van der Waals surface area (Å²) >= 11 is 0.